The number of rotatable bonds is 4. The number of amides is 1. The molecule has 1 aliphatic rings. The van der Waals surface area contributed by atoms with Crippen LogP contribution in [0.15, 0.2) is 47.7 Å². The number of nitrogens with one attached hydrogen (secondary N) is 1. The molecule has 0 saturated carbocycles. The van der Waals surface area contributed by atoms with Crippen LogP contribution in [0.3, 0.4) is 0 Å². The van der Waals surface area contributed by atoms with E-state index in [4.69, 9.17) is 9.47 Å². The summed E-state index contributed by atoms with van der Waals surface area (Å²) in [4.78, 5) is 15.9. The number of nitrogens with zero attached hydrogens (tertiary/aromatic N) is 2. The zero-order valence-corrected chi connectivity index (χ0v) is 12.5. The monoisotopic (exact) mass is 309 g/mol. The van der Waals surface area contributed by atoms with Crippen molar-refractivity contribution >= 4 is 18.2 Å². The van der Waals surface area contributed by atoms with E-state index in [9.17, 15) is 4.79 Å². The van der Waals surface area contributed by atoms with E-state index in [-0.39, 0.29) is 12.7 Å². The number of ether oxygens (including phenoxy) is 2. The Bertz CT molecular complexity index is 767. The SMILES string of the molecule is Cc1ccc(C(=O)N/N=C\C=C\c2ccc3c(c2)OCO3)cn1. The summed E-state index contributed by atoms with van der Waals surface area (Å²) in [6, 6.07) is 9.12. The summed E-state index contributed by atoms with van der Waals surface area (Å²) in [6.45, 7) is 2.12. The first-order valence-electron chi connectivity index (χ1n) is 7.05. The van der Waals surface area contributed by atoms with Crippen LogP contribution in [0.1, 0.15) is 21.6 Å². The fourth-order valence-electron chi connectivity index (χ4n) is 1.98. The number of carbonyl (C=O) groups is 1. The van der Waals surface area contributed by atoms with Crippen LogP contribution in [-0.4, -0.2) is 23.9 Å². The second-order valence-corrected chi connectivity index (χ2v) is 4.88. The van der Waals surface area contributed by atoms with Gasteiger partial charge in [0.2, 0.25) is 6.79 Å². The molecule has 0 radical (unpaired) electrons. The number of fused-ring (bicyclic) bond motifs is 1. The van der Waals surface area contributed by atoms with Gasteiger partial charge in [0.1, 0.15) is 0 Å². The average Bonchev–Trinajstić information content (AvgIpc) is 3.02. The molecule has 2 aromatic rings. The molecule has 0 aliphatic carbocycles. The maximum atomic E-state index is 11.8. The molecule has 6 heteroatoms. The van der Waals surface area contributed by atoms with Crippen molar-refractivity contribution in [1.29, 1.82) is 0 Å². The number of allylic oxidation sites excluding steroid dienone is 1. The van der Waals surface area contributed by atoms with Crippen LogP contribution in [0.25, 0.3) is 6.08 Å². The van der Waals surface area contributed by atoms with Crippen molar-refractivity contribution in [2.75, 3.05) is 6.79 Å². The predicted octanol–water partition coefficient (Wildman–Crippen LogP) is 2.55. The smallest absolute Gasteiger partial charge is 0.272 e. The Kier molecular flexibility index (Phi) is 4.33. The van der Waals surface area contributed by atoms with Gasteiger partial charge in [0.05, 0.1) is 5.56 Å². The highest BCUT2D eigenvalue weighted by atomic mass is 16.7. The highest BCUT2D eigenvalue weighted by molar-refractivity contribution is 5.94. The molecular weight excluding hydrogens is 294 g/mol. The number of aromatic nitrogens is 1. The Morgan fingerprint density at radius 3 is 2.96 bits per heavy atom. The molecular formula is C17H15N3O3. The number of pyridine rings is 1. The molecule has 116 valence electrons. The van der Waals surface area contributed by atoms with Gasteiger partial charge in [0, 0.05) is 18.1 Å². The maximum Gasteiger partial charge on any atom is 0.272 e. The van der Waals surface area contributed by atoms with E-state index in [0.29, 0.717) is 5.56 Å². The molecule has 0 saturated heterocycles. The topological polar surface area (TPSA) is 72.8 Å². The lowest BCUT2D eigenvalue weighted by molar-refractivity contribution is 0.0955. The quantitative estimate of drug-likeness (QED) is 0.696. The van der Waals surface area contributed by atoms with Crippen LogP contribution in [0, 0.1) is 6.92 Å². The summed E-state index contributed by atoms with van der Waals surface area (Å²) in [7, 11) is 0. The minimum Gasteiger partial charge on any atom is -0.454 e. The molecule has 2 heterocycles. The van der Waals surface area contributed by atoms with Gasteiger partial charge in [0.25, 0.3) is 5.91 Å². The lowest BCUT2D eigenvalue weighted by atomic mass is 10.2. The fraction of sp³-hybridized carbons (Fsp3) is 0.118. The van der Waals surface area contributed by atoms with Crippen molar-refractivity contribution in [1.82, 2.24) is 10.4 Å². The van der Waals surface area contributed by atoms with Crippen molar-refractivity contribution < 1.29 is 14.3 Å². The molecule has 1 aromatic carbocycles. The van der Waals surface area contributed by atoms with Gasteiger partial charge in [-0.15, -0.1) is 0 Å². The lowest BCUT2D eigenvalue weighted by Crippen LogP contribution is -2.17. The summed E-state index contributed by atoms with van der Waals surface area (Å²) in [5.41, 5.74) is 4.72. The van der Waals surface area contributed by atoms with Gasteiger partial charge in [-0.2, -0.15) is 5.10 Å². The van der Waals surface area contributed by atoms with Crippen LogP contribution < -0.4 is 14.9 Å². The first-order valence-corrected chi connectivity index (χ1v) is 7.05. The molecule has 0 fully saturated rings. The Hall–Kier alpha value is -3.15. The largest absolute Gasteiger partial charge is 0.454 e. The van der Waals surface area contributed by atoms with Crippen LogP contribution in [0.2, 0.25) is 0 Å². The van der Waals surface area contributed by atoms with E-state index in [1.807, 2.05) is 31.2 Å². The van der Waals surface area contributed by atoms with E-state index in [1.54, 1.807) is 18.2 Å². The minimum atomic E-state index is -0.301. The van der Waals surface area contributed by atoms with Crippen LogP contribution in [-0.2, 0) is 0 Å². The second-order valence-electron chi connectivity index (χ2n) is 4.88. The van der Waals surface area contributed by atoms with Crippen LogP contribution >= 0.6 is 0 Å². The Morgan fingerprint density at radius 2 is 2.13 bits per heavy atom. The molecule has 0 spiro atoms. The highest BCUT2D eigenvalue weighted by Gasteiger charge is 2.11. The molecule has 0 atom stereocenters. The van der Waals surface area contributed by atoms with Gasteiger partial charge in [-0.1, -0.05) is 12.1 Å². The lowest BCUT2D eigenvalue weighted by Gasteiger charge is -1.99. The maximum absolute atomic E-state index is 11.8. The average molecular weight is 309 g/mol. The molecule has 1 N–H and O–H groups in total. The van der Waals surface area contributed by atoms with E-state index < -0.39 is 0 Å². The molecule has 3 rings (SSSR count). The zero-order chi connectivity index (χ0) is 16.1. The molecule has 1 amide bonds. The highest BCUT2D eigenvalue weighted by Crippen LogP contribution is 2.32. The first kappa shape index (κ1) is 14.8. The molecule has 6 nitrogen and oxygen atoms in total. The third-order valence-corrected chi connectivity index (χ3v) is 3.19. The molecule has 0 unspecified atom stereocenters. The van der Waals surface area contributed by atoms with Crippen molar-refractivity contribution in [2.24, 2.45) is 5.10 Å². The normalized spacial score (nSPS) is 12.9. The fourth-order valence-corrected chi connectivity index (χ4v) is 1.98. The third kappa shape index (κ3) is 3.74. The van der Waals surface area contributed by atoms with Crippen LogP contribution in [0.4, 0.5) is 0 Å². The van der Waals surface area contributed by atoms with Gasteiger partial charge >= 0.3 is 0 Å². The van der Waals surface area contributed by atoms with E-state index in [0.717, 1.165) is 22.8 Å². The van der Waals surface area contributed by atoms with Crippen molar-refractivity contribution in [3.05, 3.63) is 59.4 Å². The third-order valence-electron chi connectivity index (χ3n) is 3.19. The number of hydrogen-bond donors (Lipinski definition) is 1. The predicted molar refractivity (Wildman–Crippen MR) is 86.5 cm³/mol. The van der Waals surface area contributed by atoms with Gasteiger partial charge in [-0.25, -0.2) is 5.43 Å². The second kappa shape index (κ2) is 6.74. The number of hydrogen-bond acceptors (Lipinski definition) is 5. The number of hydrazone groups is 1. The van der Waals surface area contributed by atoms with E-state index in [1.165, 1.54) is 12.4 Å². The molecule has 23 heavy (non-hydrogen) atoms. The summed E-state index contributed by atoms with van der Waals surface area (Å²) >= 11 is 0. The van der Waals surface area contributed by atoms with Gasteiger partial charge in [-0.05, 0) is 42.8 Å². The molecule has 0 bridgehead atoms. The Labute approximate surface area is 133 Å². The standard InChI is InChI=1S/C17H15N3O3/c1-12-4-6-14(10-18-12)17(21)20-19-8-2-3-13-5-7-15-16(9-13)23-11-22-15/h2-10H,11H2,1H3,(H,20,21)/b3-2+,19-8-. The number of benzene rings is 1. The van der Waals surface area contributed by atoms with Crippen molar-refractivity contribution in [3.8, 4) is 11.5 Å². The van der Waals surface area contributed by atoms with Gasteiger partial charge < -0.3 is 9.47 Å². The summed E-state index contributed by atoms with van der Waals surface area (Å²) in [6.07, 6.45) is 6.60. The summed E-state index contributed by atoms with van der Waals surface area (Å²) in [5.74, 6) is 1.17. The Balaban J connectivity index is 1.54. The van der Waals surface area contributed by atoms with Gasteiger partial charge in [0.15, 0.2) is 11.5 Å². The summed E-state index contributed by atoms with van der Waals surface area (Å²) < 4.78 is 10.5. The molecule has 1 aliphatic heterocycles. The van der Waals surface area contributed by atoms with E-state index in [2.05, 4.69) is 15.5 Å². The van der Waals surface area contributed by atoms with Crippen molar-refractivity contribution in [2.45, 2.75) is 6.92 Å². The number of carbonyl (C=O) groups excluding carboxylic acids is 1. The van der Waals surface area contributed by atoms with Crippen LogP contribution in [0.5, 0.6) is 11.5 Å². The first-order chi connectivity index (χ1) is 11.2. The Morgan fingerprint density at radius 1 is 1.26 bits per heavy atom. The van der Waals surface area contributed by atoms with E-state index >= 15 is 0 Å². The zero-order valence-electron chi connectivity index (χ0n) is 12.5. The number of aryl methyl sites for hydroxylation is 1. The minimum absolute atomic E-state index is 0.254. The molecule has 1 aromatic heterocycles. The summed E-state index contributed by atoms with van der Waals surface area (Å²) in [5, 5.41) is 3.86. The van der Waals surface area contributed by atoms with Crippen molar-refractivity contribution in [3.63, 3.8) is 0 Å². The van der Waals surface area contributed by atoms with Gasteiger partial charge in [-0.3, -0.25) is 9.78 Å².